The average molecular weight is 541 g/mol. The SMILES string of the molecule is COc1cc(C(=O)Nc2cccc(C(F)(F)F)c2)cc(I)c1OCc1ccc(C)cc1. The molecule has 162 valence electrons. The molecule has 31 heavy (non-hydrogen) atoms. The molecule has 3 aromatic carbocycles. The Hall–Kier alpha value is -2.75. The van der Waals surface area contributed by atoms with Crippen LogP contribution in [0.1, 0.15) is 27.0 Å². The third kappa shape index (κ3) is 5.90. The molecule has 0 bridgehead atoms. The van der Waals surface area contributed by atoms with Gasteiger partial charge in [0.1, 0.15) is 6.61 Å². The summed E-state index contributed by atoms with van der Waals surface area (Å²) in [5, 5.41) is 2.49. The zero-order chi connectivity index (χ0) is 22.6. The minimum Gasteiger partial charge on any atom is -0.493 e. The Kier molecular flexibility index (Phi) is 7.09. The van der Waals surface area contributed by atoms with Gasteiger partial charge in [-0.05, 0) is 65.4 Å². The lowest BCUT2D eigenvalue weighted by atomic mass is 10.1. The van der Waals surface area contributed by atoms with Crippen molar-refractivity contribution in [3.63, 3.8) is 0 Å². The molecule has 3 aromatic rings. The smallest absolute Gasteiger partial charge is 0.416 e. The molecule has 1 N–H and O–H groups in total. The lowest BCUT2D eigenvalue weighted by Gasteiger charge is -2.15. The van der Waals surface area contributed by atoms with Crippen LogP contribution >= 0.6 is 22.6 Å². The number of hydrogen-bond donors (Lipinski definition) is 1. The number of ether oxygens (including phenoxy) is 2. The number of anilines is 1. The molecule has 0 saturated heterocycles. The molecular formula is C23H19F3INO3. The van der Waals surface area contributed by atoms with Crippen LogP contribution in [0.2, 0.25) is 0 Å². The number of halogens is 4. The summed E-state index contributed by atoms with van der Waals surface area (Å²) in [7, 11) is 1.46. The van der Waals surface area contributed by atoms with E-state index in [0.717, 1.165) is 23.3 Å². The fraction of sp³-hybridized carbons (Fsp3) is 0.174. The van der Waals surface area contributed by atoms with E-state index in [2.05, 4.69) is 5.32 Å². The first kappa shape index (κ1) is 22.9. The molecule has 0 spiro atoms. The second-order valence-electron chi connectivity index (χ2n) is 6.80. The number of carbonyl (C=O) groups excluding carboxylic acids is 1. The molecule has 8 heteroatoms. The maximum absolute atomic E-state index is 12.9. The Morgan fingerprint density at radius 1 is 1.06 bits per heavy atom. The monoisotopic (exact) mass is 541 g/mol. The van der Waals surface area contributed by atoms with Crippen LogP contribution in [0.3, 0.4) is 0 Å². The summed E-state index contributed by atoms with van der Waals surface area (Å²) >= 11 is 2.03. The second-order valence-corrected chi connectivity index (χ2v) is 7.96. The van der Waals surface area contributed by atoms with Crippen molar-refractivity contribution in [2.45, 2.75) is 19.7 Å². The predicted molar refractivity (Wildman–Crippen MR) is 121 cm³/mol. The maximum Gasteiger partial charge on any atom is 0.416 e. The topological polar surface area (TPSA) is 47.6 Å². The van der Waals surface area contributed by atoms with Crippen LogP contribution in [-0.4, -0.2) is 13.0 Å². The summed E-state index contributed by atoms with van der Waals surface area (Å²) < 4.78 is 50.6. The van der Waals surface area contributed by atoms with E-state index in [9.17, 15) is 18.0 Å². The highest BCUT2D eigenvalue weighted by molar-refractivity contribution is 14.1. The van der Waals surface area contributed by atoms with Gasteiger partial charge in [0.05, 0.1) is 16.2 Å². The van der Waals surface area contributed by atoms with Crippen LogP contribution in [0.5, 0.6) is 11.5 Å². The Morgan fingerprint density at radius 2 is 1.77 bits per heavy atom. The van der Waals surface area contributed by atoms with Crippen molar-refractivity contribution in [1.82, 2.24) is 0 Å². The third-order valence-electron chi connectivity index (χ3n) is 4.44. The van der Waals surface area contributed by atoms with Crippen LogP contribution in [0.25, 0.3) is 0 Å². The van der Waals surface area contributed by atoms with Crippen molar-refractivity contribution in [1.29, 1.82) is 0 Å². The highest BCUT2D eigenvalue weighted by atomic mass is 127. The van der Waals surface area contributed by atoms with E-state index in [1.807, 2.05) is 53.8 Å². The summed E-state index contributed by atoms with van der Waals surface area (Å²) in [5.41, 5.74) is 1.58. The van der Waals surface area contributed by atoms with Gasteiger partial charge in [0.2, 0.25) is 0 Å². The van der Waals surface area contributed by atoms with Crippen molar-refractivity contribution in [3.05, 3.63) is 86.5 Å². The zero-order valence-corrected chi connectivity index (χ0v) is 18.9. The molecule has 0 aromatic heterocycles. The van der Waals surface area contributed by atoms with Crippen LogP contribution in [0, 0.1) is 10.5 Å². The number of carbonyl (C=O) groups is 1. The van der Waals surface area contributed by atoms with Gasteiger partial charge in [-0.2, -0.15) is 13.2 Å². The average Bonchev–Trinajstić information content (AvgIpc) is 2.73. The van der Waals surface area contributed by atoms with E-state index in [1.54, 1.807) is 6.07 Å². The highest BCUT2D eigenvalue weighted by Crippen LogP contribution is 2.35. The molecule has 0 aliphatic heterocycles. The highest BCUT2D eigenvalue weighted by Gasteiger charge is 2.30. The Morgan fingerprint density at radius 3 is 2.42 bits per heavy atom. The lowest BCUT2D eigenvalue weighted by Crippen LogP contribution is -2.14. The number of hydrogen-bond acceptors (Lipinski definition) is 3. The number of amides is 1. The second kappa shape index (κ2) is 9.59. The van der Waals surface area contributed by atoms with Crippen LogP contribution < -0.4 is 14.8 Å². The summed E-state index contributed by atoms with van der Waals surface area (Å²) in [6.45, 7) is 2.32. The quantitative estimate of drug-likeness (QED) is 0.365. The van der Waals surface area contributed by atoms with Crippen molar-refractivity contribution in [2.24, 2.45) is 0 Å². The lowest BCUT2D eigenvalue weighted by molar-refractivity contribution is -0.137. The molecule has 0 aliphatic rings. The third-order valence-corrected chi connectivity index (χ3v) is 5.24. The molecule has 4 nitrogen and oxygen atoms in total. The number of nitrogens with one attached hydrogen (secondary N) is 1. The van der Waals surface area contributed by atoms with Crippen molar-refractivity contribution in [3.8, 4) is 11.5 Å². The summed E-state index contributed by atoms with van der Waals surface area (Å²) in [6, 6.07) is 15.5. The minimum atomic E-state index is -4.49. The number of aryl methyl sites for hydroxylation is 1. The van der Waals surface area contributed by atoms with Crippen LogP contribution in [-0.2, 0) is 12.8 Å². The number of alkyl halides is 3. The van der Waals surface area contributed by atoms with Gasteiger partial charge in [-0.15, -0.1) is 0 Å². The Balaban J connectivity index is 1.78. The molecule has 0 unspecified atom stereocenters. The number of rotatable bonds is 6. The molecule has 1 amide bonds. The molecule has 0 atom stereocenters. The van der Waals surface area contributed by atoms with Gasteiger partial charge in [0, 0.05) is 11.3 Å². The standard InChI is InChI=1S/C23H19F3INO3/c1-14-6-8-15(9-7-14)13-31-21-19(27)10-16(11-20(21)30-2)22(29)28-18-5-3-4-17(12-18)23(24,25)26/h3-12H,13H2,1-2H3,(H,28,29). The summed E-state index contributed by atoms with van der Waals surface area (Å²) in [5.74, 6) is 0.285. The van der Waals surface area contributed by atoms with E-state index in [1.165, 1.54) is 25.3 Å². The first-order chi connectivity index (χ1) is 14.7. The van der Waals surface area contributed by atoms with Crippen molar-refractivity contribution >= 4 is 34.2 Å². The first-order valence-electron chi connectivity index (χ1n) is 9.22. The van der Waals surface area contributed by atoms with Crippen LogP contribution in [0.15, 0.2) is 60.7 Å². The van der Waals surface area contributed by atoms with E-state index in [0.29, 0.717) is 21.7 Å². The van der Waals surface area contributed by atoms with E-state index < -0.39 is 17.6 Å². The normalized spacial score (nSPS) is 11.2. The summed E-state index contributed by atoms with van der Waals surface area (Å²) in [6.07, 6.45) is -4.49. The predicted octanol–water partition coefficient (Wildman–Crippen LogP) is 6.46. The Labute approximate surface area is 191 Å². The van der Waals surface area contributed by atoms with Gasteiger partial charge in [0.25, 0.3) is 5.91 Å². The fourth-order valence-electron chi connectivity index (χ4n) is 2.81. The zero-order valence-electron chi connectivity index (χ0n) is 16.7. The van der Waals surface area contributed by atoms with Gasteiger partial charge in [-0.1, -0.05) is 35.9 Å². The molecule has 0 saturated carbocycles. The fourth-order valence-corrected chi connectivity index (χ4v) is 3.56. The first-order valence-corrected chi connectivity index (χ1v) is 10.3. The van der Waals surface area contributed by atoms with Gasteiger partial charge in [-0.3, -0.25) is 4.79 Å². The van der Waals surface area contributed by atoms with Crippen molar-refractivity contribution in [2.75, 3.05) is 12.4 Å². The largest absolute Gasteiger partial charge is 0.493 e. The molecular weight excluding hydrogens is 522 g/mol. The number of benzene rings is 3. The minimum absolute atomic E-state index is 0.0495. The van der Waals surface area contributed by atoms with Crippen LogP contribution in [0.4, 0.5) is 18.9 Å². The van der Waals surface area contributed by atoms with E-state index in [4.69, 9.17) is 9.47 Å². The molecule has 0 aliphatic carbocycles. The van der Waals surface area contributed by atoms with Gasteiger partial charge < -0.3 is 14.8 Å². The van der Waals surface area contributed by atoms with Gasteiger partial charge in [0.15, 0.2) is 11.5 Å². The molecule has 0 heterocycles. The molecule has 0 fully saturated rings. The number of methoxy groups -OCH3 is 1. The van der Waals surface area contributed by atoms with Gasteiger partial charge >= 0.3 is 6.18 Å². The maximum atomic E-state index is 12.9. The summed E-state index contributed by atoms with van der Waals surface area (Å²) in [4.78, 5) is 12.6. The Bertz CT molecular complexity index is 1080. The van der Waals surface area contributed by atoms with Crippen molar-refractivity contribution < 1.29 is 27.4 Å². The molecule has 0 radical (unpaired) electrons. The van der Waals surface area contributed by atoms with E-state index in [-0.39, 0.29) is 11.3 Å². The van der Waals surface area contributed by atoms with Gasteiger partial charge in [-0.25, -0.2) is 0 Å². The van der Waals surface area contributed by atoms with E-state index >= 15 is 0 Å². The molecule has 3 rings (SSSR count).